The van der Waals surface area contributed by atoms with E-state index in [2.05, 4.69) is 10.9 Å². The van der Waals surface area contributed by atoms with Crippen molar-refractivity contribution in [3.63, 3.8) is 0 Å². The lowest BCUT2D eigenvalue weighted by molar-refractivity contribution is -0.133. The zero-order valence-electron chi connectivity index (χ0n) is 16.7. The van der Waals surface area contributed by atoms with Gasteiger partial charge in [-0.2, -0.15) is 0 Å². The molecule has 0 aliphatic carbocycles. The molecule has 0 unspecified atom stereocenters. The number of carbonyl (C=O) groups excluding carboxylic acids is 2. The number of hydrogen-bond acceptors (Lipinski definition) is 4. The Hall–Kier alpha value is -2.44. The molecule has 0 bridgehead atoms. The Kier molecular flexibility index (Phi) is 8.17. The highest BCUT2D eigenvalue weighted by atomic mass is 35.5. The van der Waals surface area contributed by atoms with Gasteiger partial charge in [0.25, 0.3) is 11.8 Å². The highest BCUT2D eigenvalue weighted by Crippen LogP contribution is 2.28. The Morgan fingerprint density at radius 3 is 2.38 bits per heavy atom. The highest BCUT2D eigenvalue weighted by Gasteiger charge is 2.17. The predicted molar refractivity (Wildman–Crippen MR) is 114 cm³/mol. The standard InChI is InChI=1S/C21H24Cl2N2O4/c1-12(2)16-7-5-13(3)9-19(16)28-11-20(26)24-25-21(27)14(4)29-18-8-6-15(22)10-17(18)23/h5-10,12,14H,11H2,1-4H3,(H,24,26)(H,25,27)/t14-/m1/s1. The van der Waals surface area contributed by atoms with Gasteiger partial charge in [-0.15, -0.1) is 0 Å². The zero-order chi connectivity index (χ0) is 21.6. The summed E-state index contributed by atoms with van der Waals surface area (Å²) in [5.74, 6) is 0.185. The molecule has 6 nitrogen and oxygen atoms in total. The van der Waals surface area contributed by atoms with Crippen molar-refractivity contribution in [2.75, 3.05) is 6.61 Å². The fourth-order valence-electron chi connectivity index (χ4n) is 2.47. The summed E-state index contributed by atoms with van der Waals surface area (Å²) in [7, 11) is 0. The average Bonchev–Trinajstić information content (AvgIpc) is 2.66. The number of nitrogens with one attached hydrogen (secondary N) is 2. The van der Waals surface area contributed by atoms with Gasteiger partial charge in [0, 0.05) is 5.02 Å². The van der Waals surface area contributed by atoms with Crippen LogP contribution in [0, 0.1) is 6.92 Å². The number of ether oxygens (including phenoxy) is 2. The van der Waals surface area contributed by atoms with Crippen molar-refractivity contribution < 1.29 is 19.1 Å². The molecule has 156 valence electrons. The van der Waals surface area contributed by atoms with Gasteiger partial charge in [-0.05, 0) is 55.2 Å². The Morgan fingerprint density at radius 1 is 1.00 bits per heavy atom. The molecule has 0 heterocycles. The third kappa shape index (κ3) is 6.84. The van der Waals surface area contributed by atoms with E-state index in [0.29, 0.717) is 16.5 Å². The third-order valence-corrected chi connectivity index (χ3v) is 4.57. The minimum Gasteiger partial charge on any atom is -0.483 e. The lowest BCUT2D eigenvalue weighted by atomic mass is 10.0. The van der Waals surface area contributed by atoms with Crippen LogP contribution in [0.15, 0.2) is 36.4 Å². The SMILES string of the molecule is Cc1ccc(C(C)C)c(OCC(=O)NNC(=O)[C@@H](C)Oc2ccc(Cl)cc2Cl)c1. The van der Waals surface area contributed by atoms with Crippen LogP contribution in [0.5, 0.6) is 11.5 Å². The molecule has 1 atom stereocenters. The lowest BCUT2D eigenvalue weighted by Crippen LogP contribution is -2.48. The lowest BCUT2D eigenvalue weighted by Gasteiger charge is -2.17. The molecule has 2 amide bonds. The number of hydrogen-bond donors (Lipinski definition) is 2. The number of halogens is 2. The van der Waals surface area contributed by atoms with Crippen molar-refractivity contribution >= 4 is 35.0 Å². The number of benzene rings is 2. The van der Waals surface area contributed by atoms with E-state index in [1.807, 2.05) is 39.0 Å². The molecular weight excluding hydrogens is 415 g/mol. The average molecular weight is 439 g/mol. The Bertz CT molecular complexity index is 887. The predicted octanol–water partition coefficient (Wildman–Crippen LogP) is 4.42. The van der Waals surface area contributed by atoms with Gasteiger partial charge in [-0.25, -0.2) is 0 Å². The monoisotopic (exact) mass is 438 g/mol. The normalized spacial score (nSPS) is 11.7. The number of carbonyl (C=O) groups is 2. The van der Waals surface area contributed by atoms with Crippen LogP contribution < -0.4 is 20.3 Å². The molecule has 0 spiro atoms. The molecule has 2 rings (SSSR count). The Balaban J connectivity index is 1.84. The summed E-state index contributed by atoms with van der Waals surface area (Å²) in [5, 5.41) is 0.745. The van der Waals surface area contributed by atoms with Crippen LogP contribution in [0.2, 0.25) is 10.0 Å². The first-order chi connectivity index (χ1) is 13.7. The molecule has 0 radical (unpaired) electrons. The molecule has 0 aliphatic rings. The van der Waals surface area contributed by atoms with Gasteiger partial charge in [0.15, 0.2) is 12.7 Å². The van der Waals surface area contributed by atoms with Gasteiger partial charge >= 0.3 is 0 Å². The summed E-state index contributed by atoms with van der Waals surface area (Å²) in [6, 6.07) is 10.5. The summed E-state index contributed by atoms with van der Waals surface area (Å²) >= 11 is 11.9. The second kappa shape index (κ2) is 10.4. The summed E-state index contributed by atoms with van der Waals surface area (Å²) in [5.41, 5.74) is 6.66. The van der Waals surface area contributed by atoms with Crippen molar-refractivity contribution in [3.8, 4) is 11.5 Å². The number of amides is 2. The maximum Gasteiger partial charge on any atom is 0.279 e. The molecule has 0 saturated heterocycles. The molecule has 0 aliphatic heterocycles. The smallest absolute Gasteiger partial charge is 0.279 e. The van der Waals surface area contributed by atoms with Crippen LogP contribution in [-0.2, 0) is 9.59 Å². The molecule has 0 aromatic heterocycles. The van der Waals surface area contributed by atoms with Gasteiger partial charge in [-0.1, -0.05) is 49.2 Å². The van der Waals surface area contributed by atoms with E-state index >= 15 is 0 Å². The number of rotatable bonds is 7. The summed E-state index contributed by atoms with van der Waals surface area (Å²) in [6.45, 7) is 7.34. The first kappa shape index (κ1) is 22.8. The van der Waals surface area contributed by atoms with Crippen molar-refractivity contribution in [1.82, 2.24) is 10.9 Å². The van der Waals surface area contributed by atoms with Crippen molar-refractivity contribution in [3.05, 3.63) is 57.6 Å². The molecule has 2 N–H and O–H groups in total. The van der Waals surface area contributed by atoms with E-state index in [0.717, 1.165) is 11.1 Å². The molecule has 2 aromatic carbocycles. The summed E-state index contributed by atoms with van der Waals surface area (Å²) < 4.78 is 11.1. The van der Waals surface area contributed by atoms with Crippen LogP contribution in [0.3, 0.4) is 0 Å². The van der Waals surface area contributed by atoms with Gasteiger partial charge in [-0.3, -0.25) is 20.4 Å². The van der Waals surface area contributed by atoms with E-state index in [1.165, 1.54) is 13.0 Å². The summed E-state index contributed by atoms with van der Waals surface area (Å²) in [6.07, 6.45) is -0.890. The zero-order valence-corrected chi connectivity index (χ0v) is 18.2. The molecule has 0 saturated carbocycles. The van der Waals surface area contributed by atoms with E-state index < -0.39 is 17.9 Å². The maximum atomic E-state index is 12.1. The van der Waals surface area contributed by atoms with E-state index in [-0.39, 0.29) is 17.5 Å². The Morgan fingerprint density at radius 2 is 1.72 bits per heavy atom. The largest absolute Gasteiger partial charge is 0.483 e. The minimum absolute atomic E-state index is 0.234. The molecular formula is C21H24Cl2N2O4. The molecule has 29 heavy (non-hydrogen) atoms. The Labute approximate surface area is 180 Å². The van der Waals surface area contributed by atoms with Crippen LogP contribution in [0.4, 0.5) is 0 Å². The van der Waals surface area contributed by atoms with Gasteiger partial charge in [0.1, 0.15) is 11.5 Å². The van der Waals surface area contributed by atoms with Gasteiger partial charge < -0.3 is 9.47 Å². The first-order valence-electron chi connectivity index (χ1n) is 9.11. The highest BCUT2D eigenvalue weighted by molar-refractivity contribution is 6.35. The van der Waals surface area contributed by atoms with Gasteiger partial charge in [0.05, 0.1) is 5.02 Å². The second-order valence-corrected chi connectivity index (χ2v) is 7.70. The van der Waals surface area contributed by atoms with E-state index in [9.17, 15) is 9.59 Å². The molecule has 0 fully saturated rings. The third-order valence-electron chi connectivity index (χ3n) is 4.04. The maximum absolute atomic E-state index is 12.1. The molecule has 8 heteroatoms. The minimum atomic E-state index is -0.890. The van der Waals surface area contributed by atoms with Gasteiger partial charge in [0.2, 0.25) is 0 Å². The van der Waals surface area contributed by atoms with Crippen LogP contribution in [0.25, 0.3) is 0 Å². The topological polar surface area (TPSA) is 76.7 Å². The number of aryl methyl sites for hydroxylation is 1. The van der Waals surface area contributed by atoms with Crippen molar-refractivity contribution in [2.45, 2.75) is 39.7 Å². The van der Waals surface area contributed by atoms with Crippen LogP contribution in [0.1, 0.15) is 37.8 Å². The summed E-state index contributed by atoms with van der Waals surface area (Å²) in [4.78, 5) is 24.2. The van der Waals surface area contributed by atoms with E-state index in [4.69, 9.17) is 32.7 Å². The van der Waals surface area contributed by atoms with Crippen LogP contribution >= 0.6 is 23.2 Å². The molecule has 2 aromatic rings. The second-order valence-electron chi connectivity index (χ2n) is 6.86. The van der Waals surface area contributed by atoms with E-state index in [1.54, 1.807) is 12.1 Å². The van der Waals surface area contributed by atoms with Crippen molar-refractivity contribution in [2.24, 2.45) is 0 Å². The van der Waals surface area contributed by atoms with Crippen LogP contribution in [-0.4, -0.2) is 24.5 Å². The fourth-order valence-corrected chi connectivity index (χ4v) is 2.92. The first-order valence-corrected chi connectivity index (χ1v) is 9.86. The fraction of sp³-hybridized carbons (Fsp3) is 0.333. The number of hydrazine groups is 1. The van der Waals surface area contributed by atoms with Crippen molar-refractivity contribution in [1.29, 1.82) is 0 Å². The quantitative estimate of drug-likeness (QED) is 0.627.